The van der Waals surface area contributed by atoms with Gasteiger partial charge in [0.05, 0.1) is 10.7 Å². The minimum absolute atomic E-state index is 0.0881. The Bertz CT molecular complexity index is 533. The zero-order valence-electron chi connectivity index (χ0n) is 10.1. The molecule has 0 aliphatic rings. The highest BCUT2D eigenvalue weighted by Crippen LogP contribution is 2.10. The summed E-state index contributed by atoms with van der Waals surface area (Å²) < 4.78 is 2.45. The lowest BCUT2D eigenvalue weighted by Gasteiger charge is -2.06. The summed E-state index contributed by atoms with van der Waals surface area (Å²) in [6, 6.07) is 7.85. The van der Waals surface area contributed by atoms with Crippen LogP contribution in [0.15, 0.2) is 41.1 Å². The minimum atomic E-state index is -0.0881. The molecule has 94 valence electrons. The molecule has 2 aromatic rings. The van der Waals surface area contributed by atoms with Gasteiger partial charge in [0.25, 0.3) is 0 Å². The molecule has 1 amide bonds. The van der Waals surface area contributed by atoms with Gasteiger partial charge in [0.1, 0.15) is 6.54 Å². The summed E-state index contributed by atoms with van der Waals surface area (Å²) in [7, 11) is 0. The molecule has 0 saturated carbocycles. The predicted octanol–water partition coefficient (Wildman–Crippen LogP) is 2.85. The maximum Gasteiger partial charge on any atom is 0.246 e. The summed E-state index contributed by atoms with van der Waals surface area (Å²) in [4.78, 5) is 11.8. The van der Waals surface area contributed by atoms with Crippen LogP contribution in [-0.4, -0.2) is 15.7 Å². The largest absolute Gasteiger partial charge is 0.324 e. The van der Waals surface area contributed by atoms with Crippen LogP contribution in [0.4, 0.5) is 5.69 Å². The number of aromatic nitrogens is 2. The molecular formula is C13H14BrN3O. The first-order chi connectivity index (χ1) is 8.67. The minimum Gasteiger partial charge on any atom is -0.324 e. The van der Waals surface area contributed by atoms with Crippen LogP contribution < -0.4 is 5.32 Å². The van der Waals surface area contributed by atoms with Gasteiger partial charge in [-0.15, -0.1) is 0 Å². The Kier molecular flexibility index (Phi) is 4.15. The van der Waals surface area contributed by atoms with Gasteiger partial charge in [0.15, 0.2) is 0 Å². The third-order valence-electron chi connectivity index (χ3n) is 2.55. The van der Waals surface area contributed by atoms with Gasteiger partial charge in [-0.1, -0.05) is 19.1 Å². The molecule has 5 heteroatoms. The Morgan fingerprint density at radius 2 is 2.11 bits per heavy atom. The summed E-state index contributed by atoms with van der Waals surface area (Å²) in [5, 5.41) is 6.87. The molecule has 1 aromatic heterocycles. The van der Waals surface area contributed by atoms with Gasteiger partial charge in [-0.2, -0.15) is 5.10 Å². The number of hydrogen-bond donors (Lipinski definition) is 1. The van der Waals surface area contributed by atoms with E-state index >= 15 is 0 Å². The van der Waals surface area contributed by atoms with Gasteiger partial charge in [0, 0.05) is 11.9 Å². The Balaban J connectivity index is 1.94. The predicted molar refractivity (Wildman–Crippen MR) is 74.4 cm³/mol. The highest BCUT2D eigenvalue weighted by molar-refractivity contribution is 9.10. The lowest BCUT2D eigenvalue weighted by molar-refractivity contribution is -0.116. The molecule has 0 bridgehead atoms. The first kappa shape index (κ1) is 12.8. The second-order valence-corrected chi connectivity index (χ2v) is 4.87. The van der Waals surface area contributed by atoms with E-state index in [1.165, 1.54) is 5.56 Å². The molecule has 1 aromatic carbocycles. The molecule has 0 atom stereocenters. The molecule has 0 spiro atoms. The molecule has 4 nitrogen and oxygen atoms in total. The summed E-state index contributed by atoms with van der Waals surface area (Å²) >= 11 is 3.29. The van der Waals surface area contributed by atoms with Crippen molar-refractivity contribution in [2.24, 2.45) is 0 Å². The number of carbonyl (C=O) groups is 1. The third-order valence-corrected chi connectivity index (χ3v) is 2.96. The number of halogens is 1. The summed E-state index contributed by atoms with van der Waals surface area (Å²) in [6.45, 7) is 2.31. The Morgan fingerprint density at radius 3 is 2.67 bits per heavy atom. The van der Waals surface area contributed by atoms with Gasteiger partial charge in [-0.3, -0.25) is 9.48 Å². The number of nitrogens with one attached hydrogen (secondary N) is 1. The Morgan fingerprint density at radius 1 is 1.39 bits per heavy atom. The van der Waals surface area contributed by atoms with Crippen molar-refractivity contribution in [3.63, 3.8) is 0 Å². The topological polar surface area (TPSA) is 46.9 Å². The van der Waals surface area contributed by atoms with E-state index in [9.17, 15) is 4.79 Å². The quantitative estimate of drug-likeness (QED) is 0.944. The van der Waals surface area contributed by atoms with Crippen molar-refractivity contribution in [2.45, 2.75) is 19.9 Å². The van der Waals surface area contributed by atoms with Crippen LogP contribution in [0.3, 0.4) is 0 Å². The van der Waals surface area contributed by atoms with Crippen molar-refractivity contribution in [3.05, 3.63) is 46.7 Å². The smallest absolute Gasteiger partial charge is 0.246 e. The molecule has 0 aliphatic carbocycles. The molecule has 1 heterocycles. The third kappa shape index (κ3) is 3.43. The van der Waals surface area contributed by atoms with Crippen molar-refractivity contribution >= 4 is 27.5 Å². The Hall–Kier alpha value is -1.62. The van der Waals surface area contributed by atoms with Crippen LogP contribution in [0.5, 0.6) is 0 Å². The summed E-state index contributed by atoms with van der Waals surface area (Å²) in [5.41, 5.74) is 2.06. The van der Waals surface area contributed by atoms with E-state index in [-0.39, 0.29) is 12.5 Å². The standard InChI is InChI=1S/C13H14BrN3O/c1-2-10-3-5-12(6-4-10)16-13(18)9-17-8-11(14)7-15-17/h3-8H,2,9H2,1H3,(H,16,18). The highest BCUT2D eigenvalue weighted by Gasteiger charge is 2.04. The van der Waals surface area contributed by atoms with Crippen molar-refractivity contribution in [3.8, 4) is 0 Å². The van der Waals surface area contributed by atoms with Gasteiger partial charge in [0.2, 0.25) is 5.91 Å². The SMILES string of the molecule is CCc1ccc(NC(=O)Cn2cc(Br)cn2)cc1. The van der Waals surface area contributed by atoms with Crippen molar-refractivity contribution in [1.29, 1.82) is 0 Å². The zero-order chi connectivity index (χ0) is 13.0. The van der Waals surface area contributed by atoms with E-state index in [2.05, 4.69) is 33.3 Å². The highest BCUT2D eigenvalue weighted by atomic mass is 79.9. The lowest BCUT2D eigenvalue weighted by atomic mass is 10.1. The molecule has 0 aliphatic heterocycles. The second-order valence-electron chi connectivity index (χ2n) is 3.95. The van der Waals surface area contributed by atoms with Crippen molar-refractivity contribution in [2.75, 3.05) is 5.32 Å². The summed E-state index contributed by atoms with van der Waals surface area (Å²) in [6.07, 6.45) is 4.42. The fourth-order valence-electron chi connectivity index (χ4n) is 1.60. The van der Waals surface area contributed by atoms with E-state index in [0.717, 1.165) is 16.6 Å². The van der Waals surface area contributed by atoms with Crippen LogP contribution in [0, 0.1) is 0 Å². The van der Waals surface area contributed by atoms with E-state index in [1.807, 2.05) is 24.3 Å². The van der Waals surface area contributed by atoms with Gasteiger partial charge < -0.3 is 5.32 Å². The summed E-state index contributed by atoms with van der Waals surface area (Å²) in [5.74, 6) is -0.0881. The van der Waals surface area contributed by atoms with Crippen LogP contribution in [0.2, 0.25) is 0 Å². The maximum atomic E-state index is 11.8. The fourth-order valence-corrected chi connectivity index (χ4v) is 1.92. The average molecular weight is 308 g/mol. The maximum absolute atomic E-state index is 11.8. The van der Waals surface area contributed by atoms with Crippen molar-refractivity contribution in [1.82, 2.24) is 9.78 Å². The fraction of sp³-hybridized carbons (Fsp3) is 0.231. The molecule has 18 heavy (non-hydrogen) atoms. The number of benzene rings is 1. The van der Waals surface area contributed by atoms with Crippen LogP contribution in [-0.2, 0) is 17.8 Å². The van der Waals surface area contributed by atoms with Gasteiger partial charge in [-0.05, 0) is 40.0 Å². The average Bonchev–Trinajstić information content (AvgIpc) is 2.75. The van der Waals surface area contributed by atoms with Crippen molar-refractivity contribution < 1.29 is 4.79 Å². The molecule has 0 radical (unpaired) electrons. The Labute approximate surface area is 114 Å². The first-order valence-corrected chi connectivity index (χ1v) is 6.53. The monoisotopic (exact) mass is 307 g/mol. The van der Waals surface area contributed by atoms with E-state index in [1.54, 1.807) is 17.1 Å². The molecule has 0 fully saturated rings. The van der Waals surface area contributed by atoms with E-state index in [4.69, 9.17) is 0 Å². The second kappa shape index (κ2) is 5.82. The normalized spacial score (nSPS) is 10.3. The number of nitrogens with zero attached hydrogens (tertiary/aromatic N) is 2. The number of rotatable bonds is 4. The van der Waals surface area contributed by atoms with E-state index in [0.29, 0.717) is 0 Å². The number of carbonyl (C=O) groups excluding carboxylic acids is 1. The van der Waals surface area contributed by atoms with Crippen LogP contribution in [0.25, 0.3) is 0 Å². The van der Waals surface area contributed by atoms with Crippen LogP contribution in [0.1, 0.15) is 12.5 Å². The van der Waals surface area contributed by atoms with Crippen LogP contribution >= 0.6 is 15.9 Å². The molecule has 1 N–H and O–H groups in total. The molecule has 2 rings (SSSR count). The number of amides is 1. The zero-order valence-corrected chi connectivity index (χ0v) is 11.6. The lowest BCUT2D eigenvalue weighted by Crippen LogP contribution is -2.18. The number of hydrogen-bond acceptors (Lipinski definition) is 2. The van der Waals surface area contributed by atoms with Gasteiger partial charge >= 0.3 is 0 Å². The van der Waals surface area contributed by atoms with E-state index < -0.39 is 0 Å². The molecular weight excluding hydrogens is 294 g/mol. The van der Waals surface area contributed by atoms with Gasteiger partial charge in [-0.25, -0.2) is 0 Å². The number of aryl methyl sites for hydroxylation is 1. The first-order valence-electron chi connectivity index (χ1n) is 5.74. The molecule has 0 saturated heterocycles. The molecule has 0 unspecified atom stereocenters. The number of anilines is 1.